The van der Waals surface area contributed by atoms with Gasteiger partial charge in [0, 0.05) is 6.54 Å². The Morgan fingerprint density at radius 2 is 2.10 bits per heavy atom. The van der Waals surface area contributed by atoms with Crippen LogP contribution < -0.4 is 10.9 Å². The number of nitrogens with one attached hydrogen (secondary N) is 2. The minimum Gasteiger partial charge on any atom is -0.355 e. The van der Waals surface area contributed by atoms with Gasteiger partial charge < -0.3 is 10.3 Å². The number of amides is 1. The molecular weight excluding hydrogens is 398 g/mol. The van der Waals surface area contributed by atoms with Crippen LogP contribution in [0, 0.1) is 6.92 Å². The summed E-state index contributed by atoms with van der Waals surface area (Å²) >= 11 is 1.22. The molecule has 0 radical (unpaired) electrons. The van der Waals surface area contributed by atoms with Crippen LogP contribution in [-0.2, 0) is 4.79 Å². The smallest absolute Gasteiger partial charge is 0.262 e. The number of aryl methyl sites for hydroxylation is 1. The number of carbonyl (C=O) groups excluding carboxylic acids is 1. The summed E-state index contributed by atoms with van der Waals surface area (Å²) in [6.45, 7) is 2.66. The molecule has 7 nitrogen and oxygen atoms in total. The molecule has 30 heavy (non-hydrogen) atoms. The molecule has 3 aromatic rings. The summed E-state index contributed by atoms with van der Waals surface area (Å²) in [7, 11) is 0. The average molecular weight is 424 g/mol. The predicted molar refractivity (Wildman–Crippen MR) is 119 cm³/mol. The molecule has 1 aromatic carbocycles. The average Bonchev–Trinajstić information content (AvgIpc) is 3.18. The van der Waals surface area contributed by atoms with Gasteiger partial charge in [-0.3, -0.25) is 9.59 Å². The topological polar surface area (TPSA) is 92.7 Å². The maximum atomic E-state index is 12.4. The maximum absolute atomic E-state index is 12.4. The van der Waals surface area contributed by atoms with Gasteiger partial charge in [-0.25, -0.2) is 9.67 Å². The zero-order valence-corrected chi connectivity index (χ0v) is 17.8. The fourth-order valence-corrected chi connectivity index (χ4v) is 4.21. The lowest BCUT2D eigenvalue weighted by Gasteiger charge is -2.12. The molecule has 1 amide bonds. The third-order valence-electron chi connectivity index (χ3n) is 5.19. The van der Waals surface area contributed by atoms with Crippen LogP contribution in [0.2, 0.25) is 0 Å². The molecule has 0 atom stereocenters. The summed E-state index contributed by atoms with van der Waals surface area (Å²) in [6.07, 6.45) is 9.53. The summed E-state index contributed by atoms with van der Waals surface area (Å²) in [5.41, 5.74) is 3.64. The SMILES string of the molecule is Cc1ccc(-n2ncc3c(=O)[nH]c(SCC(=O)NCCC4=CCCCC4)nc32)cc1. The number of rotatable bonds is 7. The molecule has 1 aliphatic carbocycles. The van der Waals surface area contributed by atoms with Crippen LogP contribution >= 0.6 is 11.8 Å². The van der Waals surface area contributed by atoms with E-state index < -0.39 is 0 Å². The number of thioether (sulfide) groups is 1. The van der Waals surface area contributed by atoms with Crippen LogP contribution in [-0.4, -0.2) is 38.0 Å². The highest BCUT2D eigenvalue weighted by Gasteiger charge is 2.13. The van der Waals surface area contributed by atoms with Crippen LogP contribution in [0.15, 0.2) is 52.1 Å². The summed E-state index contributed by atoms with van der Waals surface area (Å²) < 4.78 is 1.64. The van der Waals surface area contributed by atoms with E-state index in [1.807, 2.05) is 31.2 Å². The van der Waals surface area contributed by atoms with Crippen molar-refractivity contribution in [2.45, 2.75) is 44.2 Å². The van der Waals surface area contributed by atoms with E-state index in [1.54, 1.807) is 4.68 Å². The molecule has 156 valence electrons. The first-order valence-corrected chi connectivity index (χ1v) is 11.2. The van der Waals surface area contributed by atoms with Gasteiger partial charge >= 0.3 is 0 Å². The van der Waals surface area contributed by atoms with Gasteiger partial charge in [0.1, 0.15) is 5.39 Å². The van der Waals surface area contributed by atoms with E-state index in [0.717, 1.165) is 30.5 Å². The number of aromatic nitrogens is 4. The van der Waals surface area contributed by atoms with Gasteiger partial charge in [-0.05, 0) is 51.2 Å². The monoisotopic (exact) mass is 423 g/mol. The van der Waals surface area contributed by atoms with Crippen LogP contribution in [0.25, 0.3) is 16.7 Å². The van der Waals surface area contributed by atoms with E-state index in [-0.39, 0.29) is 17.2 Å². The fraction of sp³-hybridized carbons (Fsp3) is 0.364. The molecule has 2 aromatic heterocycles. The second-order valence-electron chi connectivity index (χ2n) is 7.50. The molecule has 0 fully saturated rings. The Balaban J connectivity index is 1.41. The molecule has 0 spiro atoms. The third kappa shape index (κ3) is 4.81. The Morgan fingerprint density at radius 1 is 1.27 bits per heavy atom. The summed E-state index contributed by atoms with van der Waals surface area (Å²) in [6, 6.07) is 7.85. The first-order valence-electron chi connectivity index (χ1n) is 10.2. The molecular formula is C22H25N5O2S. The van der Waals surface area contributed by atoms with Crippen molar-refractivity contribution < 1.29 is 4.79 Å². The number of H-pyrrole nitrogens is 1. The molecule has 4 rings (SSSR count). The van der Waals surface area contributed by atoms with Crippen molar-refractivity contribution in [3.63, 3.8) is 0 Å². The number of hydrogen-bond donors (Lipinski definition) is 2. The van der Waals surface area contributed by atoms with Crippen LogP contribution in [0.4, 0.5) is 0 Å². The van der Waals surface area contributed by atoms with E-state index in [4.69, 9.17) is 0 Å². The second kappa shape index (κ2) is 9.30. The van der Waals surface area contributed by atoms with Crippen molar-refractivity contribution in [3.05, 3.63) is 58.0 Å². The maximum Gasteiger partial charge on any atom is 0.262 e. The number of aromatic amines is 1. The van der Waals surface area contributed by atoms with Crippen molar-refractivity contribution in [2.24, 2.45) is 0 Å². The Bertz CT molecular complexity index is 1130. The molecule has 2 heterocycles. The normalized spacial score (nSPS) is 14.0. The zero-order chi connectivity index (χ0) is 20.9. The molecule has 0 saturated heterocycles. The minimum atomic E-state index is -0.259. The van der Waals surface area contributed by atoms with Crippen molar-refractivity contribution in [3.8, 4) is 5.69 Å². The molecule has 0 bridgehead atoms. The van der Waals surface area contributed by atoms with Crippen LogP contribution in [0.5, 0.6) is 0 Å². The highest BCUT2D eigenvalue weighted by atomic mass is 32.2. The molecule has 0 unspecified atom stereocenters. The molecule has 0 saturated carbocycles. The highest BCUT2D eigenvalue weighted by Crippen LogP contribution is 2.20. The quantitative estimate of drug-likeness (QED) is 0.345. The Labute approximate surface area is 179 Å². The largest absolute Gasteiger partial charge is 0.355 e. The minimum absolute atomic E-state index is 0.0637. The number of nitrogens with zero attached hydrogens (tertiary/aromatic N) is 3. The van der Waals surface area contributed by atoms with Crippen molar-refractivity contribution in [2.75, 3.05) is 12.3 Å². The first-order chi connectivity index (χ1) is 14.6. The molecule has 2 N–H and O–H groups in total. The van der Waals surface area contributed by atoms with Gasteiger partial charge in [0.05, 0.1) is 17.6 Å². The first kappa shape index (κ1) is 20.4. The van der Waals surface area contributed by atoms with Gasteiger partial charge in [-0.15, -0.1) is 0 Å². The standard InChI is InChI=1S/C22H25N5O2S/c1-15-7-9-17(10-8-15)27-20-18(13-24-27)21(29)26-22(25-20)30-14-19(28)23-12-11-16-5-3-2-4-6-16/h5,7-10,13H,2-4,6,11-12,14H2,1H3,(H,23,28)(H,25,26,29). The third-order valence-corrected chi connectivity index (χ3v) is 6.06. The van der Waals surface area contributed by atoms with E-state index in [2.05, 4.69) is 26.5 Å². The van der Waals surface area contributed by atoms with Gasteiger partial charge in [0.2, 0.25) is 5.91 Å². The van der Waals surface area contributed by atoms with E-state index >= 15 is 0 Å². The van der Waals surface area contributed by atoms with Gasteiger partial charge in [0.15, 0.2) is 10.8 Å². The van der Waals surface area contributed by atoms with Gasteiger partial charge in [-0.1, -0.05) is 41.1 Å². The van der Waals surface area contributed by atoms with E-state index in [1.165, 1.54) is 36.4 Å². The Morgan fingerprint density at radius 3 is 2.87 bits per heavy atom. The lowest BCUT2D eigenvalue weighted by molar-refractivity contribution is -0.118. The second-order valence-corrected chi connectivity index (χ2v) is 8.46. The summed E-state index contributed by atoms with van der Waals surface area (Å²) in [5, 5.41) is 8.10. The summed E-state index contributed by atoms with van der Waals surface area (Å²) in [5.74, 6) is 0.137. The molecule has 0 aliphatic heterocycles. The number of allylic oxidation sites excluding steroid dienone is 1. The predicted octanol–water partition coefficient (Wildman–Crippen LogP) is 3.52. The van der Waals surface area contributed by atoms with Crippen molar-refractivity contribution >= 4 is 28.7 Å². The van der Waals surface area contributed by atoms with Crippen LogP contribution in [0.1, 0.15) is 37.7 Å². The Hall–Kier alpha value is -2.87. The lowest BCUT2D eigenvalue weighted by Crippen LogP contribution is -2.26. The number of benzene rings is 1. The van der Waals surface area contributed by atoms with E-state index in [9.17, 15) is 9.59 Å². The molecule has 8 heteroatoms. The van der Waals surface area contributed by atoms with Crippen LogP contribution in [0.3, 0.4) is 0 Å². The van der Waals surface area contributed by atoms with E-state index in [0.29, 0.717) is 22.7 Å². The van der Waals surface area contributed by atoms with Crippen molar-refractivity contribution in [1.82, 2.24) is 25.1 Å². The van der Waals surface area contributed by atoms with Crippen molar-refractivity contribution in [1.29, 1.82) is 0 Å². The fourth-order valence-electron chi connectivity index (χ4n) is 3.52. The number of carbonyl (C=O) groups is 1. The summed E-state index contributed by atoms with van der Waals surface area (Å²) in [4.78, 5) is 31.9. The number of hydrogen-bond acceptors (Lipinski definition) is 5. The zero-order valence-electron chi connectivity index (χ0n) is 17.0. The number of fused-ring (bicyclic) bond motifs is 1. The van der Waals surface area contributed by atoms with Gasteiger partial charge in [-0.2, -0.15) is 5.10 Å². The van der Waals surface area contributed by atoms with Gasteiger partial charge in [0.25, 0.3) is 5.56 Å². The lowest BCUT2D eigenvalue weighted by atomic mass is 9.97. The molecule has 1 aliphatic rings. The highest BCUT2D eigenvalue weighted by molar-refractivity contribution is 7.99. The Kier molecular flexibility index (Phi) is 6.32.